The standard InChI is InChI=1S/C17H27N3O3/c1-12(21)11-19(2)13-5-7-20(8-6-13)17(22)18-15-10-14(15)16-4-3-9-23-16/h3-4,9,12-15,21H,5-8,10-11H2,1-2H3,(H,18,22)/t12?,14-,15-/m1/s1. The van der Waals surface area contributed by atoms with Crippen molar-refractivity contribution in [2.45, 2.75) is 50.3 Å². The molecule has 3 atom stereocenters. The number of hydrogen-bond donors (Lipinski definition) is 2. The van der Waals surface area contributed by atoms with Gasteiger partial charge < -0.3 is 24.6 Å². The molecule has 6 heteroatoms. The highest BCUT2D eigenvalue weighted by Crippen LogP contribution is 2.41. The van der Waals surface area contributed by atoms with E-state index in [1.165, 1.54) is 0 Å². The molecule has 0 spiro atoms. The predicted molar refractivity (Wildman–Crippen MR) is 87.3 cm³/mol. The first kappa shape index (κ1) is 16.3. The summed E-state index contributed by atoms with van der Waals surface area (Å²) in [6.45, 7) is 4.05. The van der Waals surface area contributed by atoms with Crippen LogP contribution in [0.25, 0.3) is 0 Å². The highest BCUT2D eigenvalue weighted by atomic mass is 16.3. The summed E-state index contributed by atoms with van der Waals surface area (Å²) in [5, 5.41) is 12.6. The van der Waals surface area contributed by atoms with Crippen LogP contribution < -0.4 is 5.32 Å². The van der Waals surface area contributed by atoms with E-state index >= 15 is 0 Å². The van der Waals surface area contributed by atoms with Crippen LogP contribution in [0, 0.1) is 0 Å². The van der Waals surface area contributed by atoms with E-state index < -0.39 is 0 Å². The lowest BCUT2D eigenvalue weighted by Crippen LogP contribution is -2.50. The summed E-state index contributed by atoms with van der Waals surface area (Å²) >= 11 is 0. The Bertz CT molecular complexity index is 509. The number of hydrogen-bond acceptors (Lipinski definition) is 4. The zero-order chi connectivity index (χ0) is 16.4. The third-order valence-corrected chi connectivity index (χ3v) is 4.94. The van der Waals surface area contributed by atoms with Gasteiger partial charge in [0.15, 0.2) is 0 Å². The van der Waals surface area contributed by atoms with Crippen molar-refractivity contribution in [3.05, 3.63) is 24.2 Å². The Labute approximate surface area is 137 Å². The normalized spacial score (nSPS) is 26.3. The molecule has 3 rings (SSSR count). The average molecular weight is 321 g/mol. The highest BCUT2D eigenvalue weighted by Gasteiger charge is 2.42. The molecule has 128 valence electrons. The number of nitrogens with zero attached hydrogens (tertiary/aromatic N) is 2. The van der Waals surface area contributed by atoms with E-state index in [0.29, 0.717) is 18.5 Å². The van der Waals surface area contributed by atoms with Gasteiger partial charge in [0.1, 0.15) is 5.76 Å². The number of aliphatic hydroxyl groups excluding tert-OH is 1. The third kappa shape index (κ3) is 4.06. The first-order valence-electron chi connectivity index (χ1n) is 8.51. The van der Waals surface area contributed by atoms with E-state index in [1.54, 1.807) is 6.26 Å². The van der Waals surface area contributed by atoms with Crippen LogP contribution in [-0.4, -0.2) is 65.8 Å². The van der Waals surface area contributed by atoms with Gasteiger partial charge in [-0.15, -0.1) is 0 Å². The van der Waals surface area contributed by atoms with Gasteiger partial charge in [-0.2, -0.15) is 0 Å². The predicted octanol–water partition coefficient (Wildman–Crippen LogP) is 1.62. The molecule has 0 aromatic carbocycles. The number of likely N-dealkylation sites (tertiary alicyclic amines) is 1. The molecule has 1 aliphatic carbocycles. The van der Waals surface area contributed by atoms with Crippen molar-refractivity contribution in [1.29, 1.82) is 0 Å². The lowest BCUT2D eigenvalue weighted by atomic mass is 10.0. The molecule has 1 aliphatic heterocycles. The van der Waals surface area contributed by atoms with E-state index in [4.69, 9.17) is 4.42 Å². The van der Waals surface area contributed by atoms with Gasteiger partial charge in [-0.1, -0.05) is 0 Å². The fourth-order valence-electron chi connectivity index (χ4n) is 3.50. The minimum absolute atomic E-state index is 0.0423. The molecule has 2 aliphatic rings. The third-order valence-electron chi connectivity index (χ3n) is 4.94. The van der Waals surface area contributed by atoms with Crippen LogP contribution in [0.4, 0.5) is 4.79 Å². The van der Waals surface area contributed by atoms with Gasteiger partial charge in [-0.05, 0) is 45.4 Å². The van der Waals surface area contributed by atoms with E-state index in [9.17, 15) is 9.90 Å². The van der Waals surface area contributed by atoms with E-state index in [1.807, 2.05) is 31.0 Å². The van der Waals surface area contributed by atoms with Crippen LogP contribution in [0.1, 0.15) is 37.9 Å². The van der Waals surface area contributed by atoms with Gasteiger partial charge in [0.05, 0.1) is 12.4 Å². The second kappa shape index (κ2) is 6.93. The molecule has 0 radical (unpaired) electrons. The molecular weight excluding hydrogens is 294 g/mol. The number of nitrogens with one attached hydrogen (secondary N) is 1. The molecule has 6 nitrogen and oxygen atoms in total. The van der Waals surface area contributed by atoms with Gasteiger partial charge in [0.2, 0.25) is 0 Å². The number of amides is 2. The number of carbonyl (C=O) groups excluding carboxylic acids is 1. The van der Waals surface area contributed by atoms with Crippen LogP contribution in [0.15, 0.2) is 22.8 Å². The Kier molecular flexibility index (Phi) is 4.92. The Balaban J connectivity index is 1.41. The molecule has 2 fully saturated rings. The molecule has 1 aromatic rings. The first-order valence-corrected chi connectivity index (χ1v) is 8.51. The molecule has 0 bridgehead atoms. The summed E-state index contributed by atoms with van der Waals surface area (Å²) in [5.74, 6) is 1.30. The SMILES string of the molecule is CC(O)CN(C)C1CCN(C(=O)N[C@@H]2C[C@H]2c2ccco2)CC1. The van der Waals surface area contributed by atoms with Gasteiger partial charge in [-0.25, -0.2) is 4.79 Å². The molecule has 2 heterocycles. The van der Waals surface area contributed by atoms with Gasteiger partial charge >= 0.3 is 6.03 Å². The molecule has 1 saturated carbocycles. The zero-order valence-electron chi connectivity index (χ0n) is 13.9. The number of urea groups is 1. The Morgan fingerprint density at radius 1 is 1.52 bits per heavy atom. The highest BCUT2D eigenvalue weighted by molar-refractivity contribution is 5.75. The largest absolute Gasteiger partial charge is 0.469 e. The van der Waals surface area contributed by atoms with Crippen molar-refractivity contribution in [3.8, 4) is 0 Å². The van der Waals surface area contributed by atoms with Crippen molar-refractivity contribution in [2.75, 3.05) is 26.7 Å². The lowest BCUT2D eigenvalue weighted by Gasteiger charge is -2.37. The summed E-state index contributed by atoms with van der Waals surface area (Å²) in [4.78, 5) is 16.5. The second-order valence-electron chi connectivity index (χ2n) is 6.92. The molecule has 1 saturated heterocycles. The fraction of sp³-hybridized carbons (Fsp3) is 0.706. The lowest BCUT2D eigenvalue weighted by molar-refractivity contribution is 0.0874. The molecule has 23 heavy (non-hydrogen) atoms. The Morgan fingerprint density at radius 3 is 2.87 bits per heavy atom. The molecule has 1 aromatic heterocycles. The average Bonchev–Trinajstić information content (AvgIpc) is 3.07. The summed E-state index contributed by atoms with van der Waals surface area (Å²) in [6, 6.07) is 4.57. The second-order valence-corrected chi connectivity index (χ2v) is 6.92. The first-order chi connectivity index (χ1) is 11.0. The van der Waals surface area contributed by atoms with Crippen molar-refractivity contribution in [2.24, 2.45) is 0 Å². The minimum atomic E-state index is -0.310. The monoisotopic (exact) mass is 321 g/mol. The Hall–Kier alpha value is -1.53. The van der Waals surface area contributed by atoms with Crippen LogP contribution in [0.3, 0.4) is 0 Å². The van der Waals surface area contributed by atoms with E-state index in [-0.39, 0.29) is 18.2 Å². The van der Waals surface area contributed by atoms with Crippen LogP contribution in [-0.2, 0) is 0 Å². The van der Waals surface area contributed by atoms with E-state index in [2.05, 4.69) is 10.2 Å². The molecule has 1 unspecified atom stereocenters. The maximum Gasteiger partial charge on any atom is 0.317 e. The quantitative estimate of drug-likeness (QED) is 0.865. The van der Waals surface area contributed by atoms with Crippen LogP contribution in [0.2, 0.25) is 0 Å². The van der Waals surface area contributed by atoms with Crippen LogP contribution in [0.5, 0.6) is 0 Å². The number of likely N-dealkylation sites (N-methyl/N-ethyl adjacent to an activating group) is 1. The summed E-state index contributed by atoms with van der Waals surface area (Å²) < 4.78 is 5.40. The van der Waals surface area contributed by atoms with Crippen LogP contribution >= 0.6 is 0 Å². The van der Waals surface area contributed by atoms with Gasteiger partial charge in [0, 0.05) is 37.6 Å². The summed E-state index contributed by atoms with van der Waals surface area (Å²) in [7, 11) is 2.05. The van der Waals surface area contributed by atoms with Gasteiger partial charge in [0.25, 0.3) is 0 Å². The molecule has 2 amide bonds. The van der Waals surface area contributed by atoms with E-state index in [0.717, 1.165) is 38.1 Å². The van der Waals surface area contributed by atoms with Crippen molar-refractivity contribution in [1.82, 2.24) is 15.1 Å². The number of piperidine rings is 1. The summed E-state index contributed by atoms with van der Waals surface area (Å²) in [5.41, 5.74) is 0. The smallest absolute Gasteiger partial charge is 0.317 e. The molecule has 2 N–H and O–H groups in total. The number of aliphatic hydroxyl groups is 1. The Morgan fingerprint density at radius 2 is 2.26 bits per heavy atom. The molecular formula is C17H27N3O3. The number of furan rings is 1. The van der Waals surface area contributed by atoms with Crippen molar-refractivity contribution >= 4 is 6.03 Å². The number of carbonyl (C=O) groups is 1. The summed E-state index contributed by atoms with van der Waals surface area (Å²) in [6.07, 6.45) is 4.26. The minimum Gasteiger partial charge on any atom is -0.469 e. The maximum absolute atomic E-state index is 12.3. The van der Waals surface area contributed by atoms with Gasteiger partial charge in [-0.3, -0.25) is 0 Å². The zero-order valence-corrected chi connectivity index (χ0v) is 13.9. The topological polar surface area (TPSA) is 69.0 Å². The van der Waals surface area contributed by atoms with Crippen molar-refractivity contribution in [3.63, 3.8) is 0 Å². The maximum atomic E-state index is 12.3. The fourth-order valence-corrected chi connectivity index (χ4v) is 3.50. The van der Waals surface area contributed by atoms with Crippen molar-refractivity contribution < 1.29 is 14.3 Å². The number of rotatable bonds is 5.